The second-order valence-electron chi connectivity index (χ2n) is 4.84. The topological polar surface area (TPSA) is 40.5 Å². The number of allylic oxidation sites excluding steroid dienone is 1. The summed E-state index contributed by atoms with van der Waals surface area (Å²) in [5.41, 5.74) is 2.27. The van der Waals surface area contributed by atoms with Crippen LogP contribution in [0.15, 0.2) is 43.0 Å². The Hall–Kier alpha value is -1.88. The average molecular weight is 324 g/mol. The molecule has 0 bridgehead atoms. The quantitative estimate of drug-likeness (QED) is 0.700. The molecule has 0 spiro atoms. The number of rotatable bonds is 3. The number of benzene rings is 2. The summed E-state index contributed by atoms with van der Waals surface area (Å²) in [6.45, 7) is 9.79. The Balaban J connectivity index is 0.000000924. The molecule has 0 aliphatic heterocycles. The van der Waals surface area contributed by atoms with E-state index in [0.717, 1.165) is 21.2 Å². The van der Waals surface area contributed by atoms with Gasteiger partial charge in [0.25, 0.3) is 0 Å². The molecular weight excluding hydrogens is 303 g/mol. The van der Waals surface area contributed by atoms with Crippen LogP contribution in [0.3, 0.4) is 0 Å². The van der Waals surface area contributed by atoms with Gasteiger partial charge < -0.3 is 10.0 Å². The third kappa shape index (κ3) is 3.11. The fourth-order valence-electron chi connectivity index (χ4n) is 2.73. The molecule has 2 aromatic carbocycles. The van der Waals surface area contributed by atoms with Crippen molar-refractivity contribution in [1.82, 2.24) is 0 Å². The van der Waals surface area contributed by atoms with Crippen molar-refractivity contribution in [3.8, 4) is 0 Å². The molecule has 23 heavy (non-hydrogen) atoms. The summed E-state index contributed by atoms with van der Waals surface area (Å²) in [6.07, 6.45) is 5.65. The first-order valence-corrected chi connectivity index (χ1v) is 8.58. The van der Waals surface area contributed by atoms with Crippen molar-refractivity contribution in [1.29, 1.82) is 0 Å². The van der Waals surface area contributed by atoms with E-state index in [1.807, 2.05) is 51.1 Å². The molecule has 0 radical (unpaired) electrons. The van der Waals surface area contributed by atoms with Crippen LogP contribution in [0.2, 0.25) is 0 Å². The second kappa shape index (κ2) is 7.60. The maximum atomic E-state index is 9.65. The van der Waals surface area contributed by atoms with E-state index in [1.54, 1.807) is 17.4 Å². The highest BCUT2D eigenvalue weighted by molar-refractivity contribution is 7.26. The van der Waals surface area contributed by atoms with Crippen LogP contribution in [-0.2, 0) is 0 Å². The summed E-state index contributed by atoms with van der Waals surface area (Å²) in [6, 6.07) is 10.1. The van der Waals surface area contributed by atoms with Gasteiger partial charge in [0.1, 0.15) is 0 Å². The lowest BCUT2D eigenvalue weighted by Crippen LogP contribution is -2.32. The van der Waals surface area contributed by atoms with Crippen molar-refractivity contribution in [3.05, 3.63) is 54.1 Å². The van der Waals surface area contributed by atoms with Crippen molar-refractivity contribution in [3.63, 3.8) is 0 Å². The van der Waals surface area contributed by atoms with E-state index in [1.165, 1.54) is 10.1 Å². The molecule has 0 aliphatic carbocycles. The lowest BCUT2D eigenvalue weighted by molar-refractivity contribution is 0.426. The van der Waals surface area contributed by atoms with Crippen molar-refractivity contribution in [2.45, 2.75) is 20.8 Å². The van der Waals surface area contributed by atoms with Crippen LogP contribution in [0.5, 0.6) is 0 Å². The molecular formula is C19H21BO2S. The first-order valence-electron chi connectivity index (χ1n) is 7.76. The van der Waals surface area contributed by atoms with Crippen molar-refractivity contribution >= 4 is 56.2 Å². The van der Waals surface area contributed by atoms with Crippen molar-refractivity contribution in [2.75, 3.05) is 0 Å². The molecule has 0 unspecified atom stereocenters. The summed E-state index contributed by atoms with van der Waals surface area (Å²) >= 11 is 1.66. The maximum Gasteiger partial charge on any atom is 0.489 e. The van der Waals surface area contributed by atoms with E-state index in [2.05, 4.69) is 18.7 Å². The molecule has 118 valence electrons. The van der Waals surface area contributed by atoms with Crippen LogP contribution in [0, 0.1) is 0 Å². The van der Waals surface area contributed by atoms with E-state index in [4.69, 9.17) is 0 Å². The molecule has 0 aliphatic rings. The Bertz CT molecular complexity index is 863. The standard InChI is InChI=1S/C17H15BO2S.C2H6/c1-3-7-12-11(4-2)14(18(19)20)10-16-17(12)13-8-5-6-9-15(13)21-16;1-2/h3-10,19-20H,2H2,1H3;1-2H3/b7-3-;. The normalized spacial score (nSPS) is 10.8. The van der Waals surface area contributed by atoms with E-state index in [-0.39, 0.29) is 0 Å². The molecule has 0 atom stereocenters. The van der Waals surface area contributed by atoms with E-state index < -0.39 is 7.12 Å². The summed E-state index contributed by atoms with van der Waals surface area (Å²) in [5.74, 6) is 0. The van der Waals surface area contributed by atoms with Gasteiger partial charge in [0.15, 0.2) is 0 Å². The predicted octanol–water partition coefficient (Wildman–Crippen LogP) is 4.44. The van der Waals surface area contributed by atoms with Gasteiger partial charge in [-0.05, 0) is 35.6 Å². The second-order valence-corrected chi connectivity index (χ2v) is 5.93. The number of thiophene rings is 1. The minimum atomic E-state index is -1.50. The third-order valence-corrected chi connectivity index (χ3v) is 4.71. The van der Waals surface area contributed by atoms with E-state index in [9.17, 15) is 10.0 Å². The Morgan fingerprint density at radius 2 is 1.78 bits per heavy atom. The molecule has 2 N–H and O–H groups in total. The number of fused-ring (bicyclic) bond motifs is 3. The monoisotopic (exact) mass is 324 g/mol. The zero-order valence-electron chi connectivity index (χ0n) is 13.7. The Kier molecular flexibility index (Phi) is 5.77. The highest BCUT2D eigenvalue weighted by Gasteiger charge is 2.20. The Morgan fingerprint density at radius 3 is 2.39 bits per heavy atom. The Morgan fingerprint density at radius 1 is 1.09 bits per heavy atom. The van der Waals surface area contributed by atoms with Crippen molar-refractivity contribution < 1.29 is 10.0 Å². The molecule has 0 fully saturated rings. The van der Waals surface area contributed by atoms with Crippen LogP contribution in [0.25, 0.3) is 32.3 Å². The van der Waals surface area contributed by atoms with Crippen LogP contribution in [0.1, 0.15) is 31.9 Å². The fourth-order valence-corrected chi connectivity index (χ4v) is 3.91. The highest BCUT2D eigenvalue weighted by Crippen LogP contribution is 2.37. The molecule has 3 rings (SSSR count). The zero-order chi connectivity index (χ0) is 17.0. The number of hydrogen-bond acceptors (Lipinski definition) is 3. The van der Waals surface area contributed by atoms with Crippen LogP contribution in [-0.4, -0.2) is 17.2 Å². The minimum Gasteiger partial charge on any atom is -0.423 e. The SMILES string of the molecule is C=Cc1c(B(O)O)cc2sc3ccccc3c2c1/C=C\C.CC. The van der Waals surface area contributed by atoms with Crippen molar-refractivity contribution in [2.24, 2.45) is 0 Å². The van der Waals surface area contributed by atoms with Crippen LogP contribution < -0.4 is 5.46 Å². The zero-order valence-corrected chi connectivity index (χ0v) is 14.5. The van der Waals surface area contributed by atoms with Gasteiger partial charge in [0.05, 0.1) is 0 Å². The minimum absolute atomic E-state index is 0.497. The van der Waals surface area contributed by atoms with Gasteiger partial charge in [-0.1, -0.05) is 56.9 Å². The predicted molar refractivity (Wildman–Crippen MR) is 105 cm³/mol. The van der Waals surface area contributed by atoms with E-state index >= 15 is 0 Å². The molecule has 3 aromatic rings. The molecule has 1 aromatic heterocycles. The van der Waals surface area contributed by atoms with Gasteiger partial charge in [-0.15, -0.1) is 11.3 Å². The van der Waals surface area contributed by atoms with E-state index in [0.29, 0.717) is 5.46 Å². The first-order chi connectivity index (χ1) is 11.2. The Labute approximate surface area is 141 Å². The van der Waals surface area contributed by atoms with Gasteiger partial charge in [-0.3, -0.25) is 0 Å². The smallest absolute Gasteiger partial charge is 0.423 e. The van der Waals surface area contributed by atoms with Gasteiger partial charge in [-0.2, -0.15) is 0 Å². The average Bonchev–Trinajstić information content (AvgIpc) is 2.94. The summed E-state index contributed by atoms with van der Waals surface area (Å²) in [4.78, 5) is 0. The van der Waals surface area contributed by atoms with Gasteiger partial charge in [0.2, 0.25) is 0 Å². The fraction of sp³-hybridized carbons (Fsp3) is 0.158. The van der Waals surface area contributed by atoms with Gasteiger partial charge in [-0.25, -0.2) is 0 Å². The molecule has 1 heterocycles. The highest BCUT2D eigenvalue weighted by atomic mass is 32.1. The van der Waals surface area contributed by atoms with Crippen LogP contribution in [0.4, 0.5) is 0 Å². The third-order valence-electron chi connectivity index (χ3n) is 3.60. The molecule has 2 nitrogen and oxygen atoms in total. The molecule has 4 heteroatoms. The summed E-state index contributed by atoms with van der Waals surface area (Å²) in [7, 11) is -1.50. The largest absolute Gasteiger partial charge is 0.489 e. The number of hydrogen-bond donors (Lipinski definition) is 2. The lowest BCUT2D eigenvalue weighted by Gasteiger charge is -2.11. The van der Waals surface area contributed by atoms with Gasteiger partial charge in [0, 0.05) is 20.2 Å². The first kappa shape index (κ1) is 17.5. The molecule has 0 amide bonds. The summed E-state index contributed by atoms with van der Waals surface area (Å²) in [5, 5.41) is 21.6. The maximum absolute atomic E-state index is 9.65. The van der Waals surface area contributed by atoms with Crippen LogP contribution >= 0.6 is 11.3 Å². The van der Waals surface area contributed by atoms with Gasteiger partial charge >= 0.3 is 7.12 Å². The summed E-state index contributed by atoms with van der Waals surface area (Å²) < 4.78 is 2.25. The molecule has 0 saturated carbocycles. The lowest BCUT2D eigenvalue weighted by atomic mass is 9.75. The molecule has 0 saturated heterocycles.